The highest BCUT2D eigenvalue weighted by Crippen LogP contribution is 2.26. The fourth-order valence-corrected chi connectivity index (χ4v) is 4.06. The molecular formula is C13H19NO2Si. The summed E-state index contributed by atoms with van der Waals surface area (Å²) in [7, 11) is -1.64. The van der Waals surface area contributed by atoms with E-state index < -0.39 is 8.07 Å². The van der Waals surface area contributed by atoms with E-state index in [9.17, 15) is 10.1 Å². The molecule has 0 saturated carbocycles. The van der Waals surface area contributed by atoms with Gasteiger partial charge in [-0.15, -0.1) is 0 Å². The minimum atomic E-state index is -1.64. The van der Waals surface area contributed by atoms with Crippen LogP contribution >= 0.6 is 0 Å². The van der Waals surface area contributed by atoms with Crippen molar-refractivity contribution < 1.29 is 4.92 Å². The number of benzene rings is 1. The first-order chi connectivity index (χ1) is 7.89. The molecule has 0 saturated heterocycles. The number of nitrogens with zero attached hydrogens (tertiary/aromatic N) is 1. The summed E-state index contributed by atoms with van der Waals surface area (Å²) < 4.78 is 0. The number of nitro benzene ring substituents is 1. The standard InChI is InChI=1S/C13H19NO2Si/c1-17(2,3)13-9-11-7-5-4-6-10(11)8-12(13)14(15)16/h8-9H,4-7H2,1-3H3. The minimum Gasteiger partial charge on any atom is -0.258 e. The molecule has 0 spiro atoms. The van der Waals surface area contributed by atoms with E-state index in [4.69, 9.17) is 0 Å². The normalized spacial score (nSPS) is 15.5. The molecular weight excluding hydrogens is 230 g/mol. The van der Waals surface area contributed by atoms with Crippen LogP contribution in [0.4, 0.5) is 5.69 Å². The first-order valence-electron chi connectivity index (χ1n) is 6.20. The van der Waals surface area contributed by atoms with Gasteiger partial charge < -0.3 is 0 Å². The molecule has 0 bridgehead atoms. The van der Waals surface area contributed by atoms with Crippen LogP contribution in [0, 0.1) is 10.1 Å². The Morgan fingerprint density at radius 2 is 1.65 bits per heavy atom. The first kappa shape index (κ1) is 12.3. The van der Waals surface area contributed by atoms with Crippen molar-refractivity contribution in [2.45, 2.75) is 45.3 Å². The van der Waals surface area contributed by atoms with Crippen LogP contribution < -0.4 is 5.19 Å². The maximum atomic E-state index is 11.2. The van der Waals surface area contributed by atoms with Crippen molar-refractivity contribution in [3.63, 3.8) is 0 Å². The molecule has 0 fully saturated rings. The van der Waals surface area contributed by atoms with Gasteiger partial charge in [0.1, 0.15) is 0 Å². The zero-order chi connectivity index (χ0) is 12.6. The van der Waals surface area contributed by atoms with Gasteiger partial charge in [-0.3, -0.25) is 10.1 Å². The smallest absolute Gasteiger partial charge is 0.258 e. The molecule has 1 aliphatic carbocycles. The molecule has 0 aromatic heterocycles. The summed E-state index contributed by atoms with van der Waals surface area (Å²) in [6, 6.07) is 3.96. The van der Waals surface area contributed by atoms with Gasteiger partial charge in [-0.2, -0.15) is 0 Å². The number of aryl methyl sites for hydroxylation is 2. The Kier molecular flexibility index (Phi) is 3.08. The second-order valence-corrected chi connectivity index (χ2v) is 10.9. The van der Waals surface area contributed by atoms with E-state index in [2.05, 4.69) is 25.7 Å². The third-order valence-corrected chi connectivity index (χ3v) is 5.48. The monoisotopic (exact) mass is 249 g/mol. The lowest BCUT2D eigenvalue weighted by Crippen LogP contribution is -2.39. The molecule has 2 rings (SSSR count). The van der Waals surface area contributed by atoms with Crippen LogP contribution in [0.15, 0.2) is 12.1 Å². The van der Waals surface area contributed by atoms with Gasteiger partial charge in [0.2, 0.25) is 0 Å². The number of fused-ring (bicyclic) bond motifs is 1. The molecule has 0 atom stereocenters. The van der Waals surface area contributed by atoms with Crippen LogP contribution in [-0.4, -0.2) is 13.0 Å². The molecule has 0 heterocycles. The quantitative estimate of drug-likeness (QED) is 0.459. The summed E-state index contributed by atoms with van der Waals surface area (Å²) >= 11 is 0. The van der Waals surface area contributed by atoms with E-state index >= 15 is 0 Å². The van der Waals surface area contributed by atoms with Gasteiger partial charge in [-0.25, -0.2) is 0 Å². The van der Waals surface area contributed by atoms with Crippen molar-refractivity contribution in [2.24, 2.45) is 0 Å². The Morgan fingerprint density at radius 1 is 1.12 bits per heavy atom. The average Bonchev–Trinajstić information content (AvgIpc) is 2.26. The summed E-state index contributed by atoms with van der Waals surface area (Å²) in [5, 5.41) is 12.2. The largest absolute Gasteiger partial charge is 0.268 e. The fraction of sp³-hybridized carbons (Fsp3) is 0.538. The fourth-order valence-electron chi connectivity index (χ4n) is 2.52. The highest BCUT2D eigenvalue weighted by atomic mass is 28.3. The van der Waals surface area contributed by atoms with E-state index in [0.29, 0.717) is 5.69 Å². The average molecular weight is 249 g/mol. The van der Waals surface area contributed by atoms with Crippen molar-refractivity contribution in [1.29, 1.82) is 0 Å². The molecule has 1 aromatic carbocycles. The molecule has 0 unspecified atom stereocenters. The maximum absolute atomic E-state index is 11.2. The van der Waals surface area contributed by atoms with Gasteiger partial charge >= 0.3 is 0 Å². The summed E-state index contributed by atoms with van der Waals surface area (Å²) in [6.45, 7) is 6.51. The third kappa shape index (κ3) is 2.41. The molecule has 1 aromatic rings. The second-order valence-electron chi connectivity index (χ2n) is 5.85. The summed E-state index contributed by atoms with van der Waals surface area (Å²) in [5.41, 5.74) is 2.90. The van der Waals surface area contributed by atoms with Gasteiger partial charge in [-0.05, 0) is 36.8 Å². The molecule has 4 heteroatoms. The van der Waals surface area contributed by atoms with Crippen LogP contribution in [0.5, 0.6) is 0 Å². The molecule has 3 nitrogen and oxygen atoms in total. The summed E-state index contributed by atoms with van der Waals surface area (Å²) in [6.07, 6.45) is 4.47. The van der Waals surface area contributed by atoms with E-state index in [1.54, 1.807) is 0 Å². The van der Waals surface area contributed by atoms with Crippen LogP contribution in [0.3, 0.4) is 0 Å². The van der Waals surface area contributed by atoms with Gasteiger partial charge in [0.15, 0.2) is 0 Å². The highest BCUT2D eigenvalue weighted by Gasteiger charge is 2.28. The van der Waals surface area contributed by atoms with Gasteiger partial charge in [0.25, 0.3) is 5.69 Å². The van der Waals surface area contributed by atoms with Gasteiger partial charge in [0, 0.05) is 11.3 Å². The topological polar surface area (TPSA) is 43.1 Å². The van der Waals surface area contributed by atoms with E-state index in [1.807, 2.05) is 6.07 Å². The lowest BCUT2D eigenvalue weighted by molar-refractivity contribution is -0.383. The van der Waals surface area contributed by atoms with Gasteiger partial charge in [0.05, 0.1) is 13.0 Å². The Balaban J connectivity index is 2.60. The van der Waals surface area contributed by atoms with Crippen LogP contribution in [0.1, 0.15) is 24.0 Å². The van der Waals surface area contributed by atoms with E-state index in [0.717, 1.165) is 24.4 Å². The van der Waals surface area contributed by atoms with Crippen molar-refractivity contribution in [3.8, 4) is 0 Å². The summed E-state index contributed by atoms with van der Waals surface area (Å²) in [4.78, 5) is 11.0. The predicted octanol–water partition coefficient (Wildman–Crippen LogP) is 3.02. The number of rotatable bonds is 2. The molecule has 17 heavy (non-hydrogen) atoms. The molecule has 1 aliphatic rings. The Bertz CT molecular complexity index is 463. The predicted molar refractivity (Wildman–Crippen MR) is 72.7 cm³/mol. The van der Waals surface area contributed by atoms with Crippen molar-refractivity contribution in [3.05, 3.63) is 33.4 Å². The lowest BCUT2D eigenvalue weighted by atomic mass is 9.91. The molecule has 0 amide bonds. The third-order valence-electron chi connectivity index (χ3n) is 3.46. The number of nitro groups is 1. The molecule has 0 aliphatic heterocycles. The zero-order valence-corrected chi connectivity index (χ0v) is 11.7. The van der Waals surface area contributed by atoms with Crippen molar-refractivity contribution >= 4 is 18.9 Å². The first-order valence-corrected chi connectivity index (χ1v) is 9.70. The maximum Gasteiger partial charge on any atom is 0.268 e. The molecule has 0 radical (unpaired) electrons. The Labute approximate surface area is 103 Å². The van der Waals surface area contributed by atoms with Crippen molar-refractivity contribution in [2.75, 3.05) is 0 Å². The van der Waals surface area contributed by atoms with Crippen molar-refractivity contribution in [1.82, 2.24) is 0 Å². The molecule has 0 N–H and O–H groups in total. The molecule has 92 valence electrons. The Morgan fingerprint density at radius 3 is 2.12 bits per heavy atom. The van der Waals surface area contributed by atoms with E-state index in [-0.39, 0.29) is 4.92 Å². The lowest BCUT2D eigenvalue weighted by Gasteiger charge is -2.22. The highest BCUT2D eigenvalue weighted by molar-refractivity contribution is 6.89. The zero-order valence-electron chi connectivity index (χ0n) is 10.7. The number of hydrogen-bond donors (Lipinski definition) is 0. The number of hydrogen-bond acceptors (Lipinski definition) is 2. The van der Waals surface area contributed by atoms with Crippen LogP contribution in [0.2, 0.25) is 19.6 Å². The Hall–Kier alpha value is -1.16. The van der Waals surface area contributed by atoms with E-state index in [1.165, 1.54) is 17.5 Å². The van der Waals surface area contributed by atoms with Gasteiger partial charge in [-0.1, -0.05) is 25.7 Å². The summed E-state index contributed by atoms with van der Waals surface area (Å²) in [5.74, 6) is 0. The second kappa shape index (κ2) is 4.26. The SMILES string of the molecule is C[Si](C)(C)c1cc2c(cc1[N+](=O)[O-])CCCC2. The van der Waals surface area contributed by atoms with Crippen LogP contribution in [0.25, 0.3) is 0 Å². The van der Waals surface area contributed by atoms with Crippen LogP contribution in [-0.2, 0) is 12.8 Å². The minimum absolute atomic E-state index is 0.206.